The quantitative estimate of drug-likeness (QED) is 0.225. The van der Waals surface area contributed by atoms with Crippen LogP contribution in [0.3, 0.4) is 0 Å². The summed E-state index contributed by atoms with van der Waals surface area (Å²) in [5, 5.41) is 16.5. The maximum absolute atomic E-state index is 13.7. The van der Waals surface area contributed by atoms with Gasteiger partial charge in [-0.2, -0.15) is 5.26 Å². The molecular formula is C39H44ClN9O2. The van der Waals surface area contributed by atoms with Gasteiger partial charge in [0.15, 0.2) is 11.6 Å². The highest BCUT2D eigenvalue weighted by Crippen LogP contribution is 2.56. The molecule has 2 fully saturated rings. The predicted octanol–water partition coefficient (Wildman–Crippen LogP) is 6.17. The molecule has 12 heteroatoms. The van der Waals surface area contributed by atoms with E-state index < -0.39 is 5.91 Å². The summed E-state index contributed by atoms with van der Waals surface area (Å²) in [6, 6.07) is 12.8. The molecule has 4 heterocycles. The van der Waals surface area contributed by atoms with E-state index in [9.17, 15) is 14.9 Å². The standard InChI is InChI=1S/C39H44ClN9O2/c1-46-17-12-32-30(22-46)42-35(47(32)2)37(50)44-28-8-4-6-25(27(28)21-41)26-7-5-9-29(34(26)40)45-38(51)36-43-31-23-49(18-13-33(31)48(36)3)19-16-39-14-10-24(20-39)11-15-39/h4-9,24H,10-20,22-23H2,1-3H3,(H,44,50)(H,45,51). The Balaban J connectivity index is 0.985. The first kappa shape index (κ1) is 33.6. The molecule has 264 valence electrons. The zero-order valence-electron chi connectivity index (χ0n) is 29.6. The summed E-state index contributed by atoms with van der Waals surface area (Å²) < 4.78 is 3.75. The Morgan fingerprint density at radius 3 is 2.14 bits per heavy atom. The molecule has 2 aromatic heterocycles. The van der Waals surface area contributed by atoms with Crippen molar-refractivity contribution in [1.82, 2.24) is 28.9 Å². The van der Waals surface area contributed by atoms with Crippen molar-refractivity contribution in [2.75, 3.05) is 37.3 Å². The number of nitriles is 1. The monoisotopic (exact) mass is 705 g/mol. The summed E-state index contributed by atoms with van der Waals surface area (Å²) >= 11 is 6.96. The van der Waals surface area contributed by atoms with Crippen molar-refractivity contribution in [3.05, 3.63) is 81.4 Å². The van der Waals surface area contributed by atoms with Gasteiger partial charge in [0.2, 0.25) is 0 Å². The van der Waals surface area contributed by atoms with E-state index in [1.807, 2.05) is 30.3 Å². The normalized spacial score (nSPS) is 21.3. The van der Waals surface area contributed by atoms with E-state index in [2.05, 4.69) is 31.5 Å². The number of imidazole rings is 2. The van der Waals surface area contributed by atoms with Gasteiger partial charge in [-0.25, -0.2) is 9.97 Å². The molecule has 51 heavy (non-hydrogen) atoms. The molecule has 4 aromatic rings. The molecule has 0 unspecified atom stereocenters. The van der Waals surface area contributed by atoms with Crippen LogP contribution in [-0.2, 0) is 40.0 Å². The van der Waals surface area contributed by atoms with Crippen LogP contribution in [-0.4, -0.2) is 67.4 Å². The zero-order chi connectivity index (χ0) is 35.4. The number of hydrogen-bond donors (Lipinski definition) is 2. The second-order valence-corrected chi connectivity index (χ2v) is 15.5. The molecule has 0 atom stereocenters. The first-order valence-electron chi connectivity index (χ1n) is 18.1. The predicted molar refractivity (Wildman–Crippen MR) is 197 cm³/mol. The lowest BCUT2D eigenvalue weighted by Gasteiger charge is -2.32. The fourth-order valence-electron chi connectivity index (χ4n) is 9.09. The maximum atomic E-state index is 13.7. The second-order valence-electron chi connectivity index (χ2n) is 15.1. The van der Waals surface area contributed by atoms with E-state index in [0.717, 1.165) is 67.7 Å². The molecule has 0 radical (unpaired) electrons. The van der Waals surface area contributed by atoms with Crippen LogP contribution in [0.25, 0.3) is 11.1 Å². The summed E-state index contributed by atoms with van der Waals surface area (Å²) in [5.41, 5.74) is 6.70. The summed E-state index contributed by atoms with van der Waals surface area (Å²) in [6.45, 7) is 4.41. The Kier molecular flexibility index (Phi) is 8.73. The number of benzene rings is 2. The Labute approximate surface area is 303 Å². The first-order chi connectivity index (χ1) is 24.6. The third-order valence-corrected chi connectivity index (χ3v) is 12.4. The fraction of sp³-hybridized carbons (Fsp3) is 0.462. The third kappa shape index (κ3) is 6.13. The zero-order valence-corrected chi connectivity index (χ0v) is 30.3. The summed E-state index contributed by atoms with van der Waals surface area (Å²) in [4.78, 5) is 41.3. The van der Waals surface area contributed by atoms with Gasteiger partial charge in [-0.05, 0) is 75.6 Å². The van der Waals surface area contributed by atoms with Gasteiger partial charge in [0.25, 0.3) is 11.8 Å². The minimum absolute atomic E-state index is 0.261. The lowest BCUT2D eigenvalue weighted by atomic mass is 9.81. The lowest BCUT2D eigenvalue weighted by Crippen LogP contribution is -2.34. The van der Waals surface area contributed by atoms with Gasteiger partial charge in [0, 0.05) is 75.6 Å². The van der Waals surface area contributed by atoms with Crippen molar-refractivity contribution < 1.29 is 9.59 Å². The van der Waals surface area contributed by atoms with Crippen molar-refractivity contribution in [2.45, 2.75) is 64.5 Å². The summed E-state index contributed by atoms with van der Waals surface area (Å²) in [6.07, 6.45) is 9.95. The van der Waals surface area contributed by atoms with Crippen LogP contribution in [0.2, 0.25) is 5.02 Å². The fourth-order valence-corrected chi connectivity index (χ4v) is 9.37. The van der Waals surface area contributed by atoms with Crippen molar-refractivity contribution in [2.24, 2.45) is 25.4 Å². The smallest absolute Gasteiger partial charge is 0.291 e. The first-order valence-corrected chi connectivity index (χ1v) is 18.5. The van der Waals surface area contributed by atoms with Gasteiger partial charge in [0.05, 0.1) is 33.3 Å². The molecule has 2 bridgehead atoms. The highest BCUT2D eigenvalue weighted by atomic mass is 35.5. The molecule has 11 nitrogen and oxygen atoms in total. The number of aromatic nitrogens is 4. The average molecular weight is 706 g/mol. The van der Waals surface area contributed by atoms with Crippen LogP contribution in [0.1, 0.15) is 88.1 Å². The SMILES string of the molecule is CN1CCc2c(nc(C(=O)Nc3cccc(-c4cccc(NC(=O)c5nc6c(n5C)CCN(CCC57CCC(CC5)C7)C6)c4Cl)c3C#N)n2C)C1. The number of amides is 2. The highest BCUT2D eigenvalue weighted by Gasteiger charge is 2.44. The van der Waals surface area contributed by atoms with Crippen molar-refractivity contribution >= 4 is 34.8 Å². The molecular weight excluding hydrogens is 662 g/mol. The van der Waals surface area contributed by atoms with E-state index in [0.29, 0.717) is 46.1 Å². The van der Waals surface area contributed by atoms with Crippen molar-refractivity contribution in [3.8, 4) is 17.2 Å². The second kappa shape index (κ2) is 13.2. The van der Waals surface area contributed by atoms with Gasteiger partial charge in [-0.15, -0.1) is 0 Å². The van der Waals surface area contributed by atoms with Crippen LogP contribution in [0, 0.1) is 22.7 Å². The van der Waals surface area contributed by atoms with Crippen LogP contribution in [0.15, 0.2) is 36.4 Å². The average Bonchev–Trinajstić information content (AvgIpc) is 3.90. The van der Waals surface area contributed by atoms with Crippen LogP contribution in [0.5, 0.6) is 0 Å². The molecule has 2 saturated carbocycles. The molecule has 2 aromatic carbocycles. The Hall–Kier alpha value is -4.50. The Morgan fingerprint density at radius 2 is 1.49 bits per heavy atom. The molecule has 2 aliphatic heterocycles. The topological polar surface area (TPSA) is 124 Å². The van der Waals surface area contributed by atoms with Gasteiger partial charge in [0.1, 0.15) is 6.07 Å². The van der Waals surface area contributed by atoms with E-state index >= 15 is 0 Å². The molecule has 2 amide bonds. The number of hydrogen-bond acceptors (Lipinski definition) is 7. The number of nitrogens with one attached hydrogen (secondary N) is 2. The minimum atomic E-state index is -0.392. The number of carbonyl (C=O) groups is 2. The molecule has 2 N–H and O–H groups in total. The van der Waals surface area contributed by atoms with Crippen molar-refractivity contribution in [1.29, 1.82) is 5.26 Å². The number of carbonyl (C=O) groups excluding carboxylic acids is 2. The molecule has 0 spiro atoms. The summed E-state index contributed by atoms with van der Waals surface area (Å²) in [7, 11) is 5.79. The number of rotatable bonds is 8. The lowest BCUT2D eigenvalue weighted by molar-refractivity contribution is 0.100. The molecule has 4 aliphatic rings. The number of halogens is 1. The molecule has 0 saturated heterocycles. The van der Waals surface area contributed by atoms with E-state index in [4.69, 9.17) is 16.6 Å². The van der Waals surface area contributed by atoms with Crippen molar-refractivity contribution in [3.63, 3.8) is 0 Å². The van der Waals surface area contributed by atoms with Gasteiger partial charge in [-0.1, -0.05) is 35.9 Å². The highest BCUT2D eigenvalue weighted by molar-refractivity contribution is 6.36. The molecule has 2 aliphatic carbocycles. The van der Waals surface area contributed by atoms with E-state index in [1.54, 1.807) is 36.4 Å². The Morgan fingerprint density at radius 1 is 0.882 bits per heavy atom. The van der Waals surface area contributed by atoms with Gasteiger partial charge >= 0.3 is 0 Å². The van der Waals surface area contributed by atoms with Crippen LogP contribution in [0.4, 0.5) is 11.4 Å². The van der Waals surface area contributed by atoms with Crippen LogP contribution < -0.4 is 10.6 Å². The third-order valence-electron chi connectivity index (χ3n) is 12.0. The number of nitrogens with zero attached hydrogens (tertiary/aromatic N) is 7. The van der Waals surface area contributed by atoms with E-state index in [-0.39, 0.29) is 16.5 Å². The van der Waals surface area contributed by atoms with Gasteiger partial charge in [-0.3, -0.25) is 14.5 Å². The maximum Gasteiger partial charge on any atom is 0.291 e. The summed E-state index contributed by atoms with van der Waals surface area (Å²) in [5.74, 6) is 0.871. The molecule has 8 rings (SSSR count). The van der Waals surface area contributed by atoms with E-state index in [1.165, 1.54) is 38.5 Å². The largest absolute Gasteiger partial charge is 0.327 e. The number of fused-ring (bicyclic) bond motifs is 4. The minimum Gasteiger partial charge on any atom is -0.327 e. The van der Waals surface area contributed by atoms with Crippen LogP contribution >= 0.6 is 11.6 Å². The Bertz CT molecular complexity index is 2080. The number of likely N-dealkylation sites (N-methyl/N-ethyl adjacent to an activating group) is 1. The van der Waals surface area contributed by atoms with Gasteiger partial charge < -0.3 is 24.7 Å². The number of anilines is 2.